The summed E-state index contributed by atoms with van der Waals surface area (Å²) in [5.41, 5.74) is -4.83. The topological polar surface area (TPSA) is 148 Å². The van der Waals surface area contributed by atoms with Crippen LogP contribution < -0.4 is 10.6 Å². The van der Waals surface area contributed by atoms with Crippen molar-refractivity contribution in [1.29, 1.82) is 0 Å². The Morgan fingerprint density at radius 3 is 2.52 bits per heavy atom. The van der Waals surface area contributed by atoms with E-state index in [0.717, 1.165) is 62.6 Å². The molecule has 0 saturated heterocycles. The van der Waals surface area contributed by atoms with Gasteiger partial charge in [0.05, 0.1) is 22.7 Å². The van der Waals surface area contributed by atoms with Gasteiger partial charge < -0.3 is 40.6 Å². The number of aliphatic hydroxyl groups excluding tert-OH is 1. The Morgan fingerprint density at radius 2 is 1.80 bits per heavy atom. The maximum atomic E-state index is 14.3. The van der Waals surface area contributed by atoms with E-state index in [1.807, 2.05) is 7.05 Å². The second-order valence-corrected chi connectivity index (χ2v) is 20.0. The van der Waals surface area contributed by atoms with E-state index in [1.54, 1.807) is 6.08 Å². The third kappa shape index (κ3) is 5.43. The van der Waals surface area contributed by atoms with Crippen LogP contribution in [0.3, 0.4) is 0 Å². The maximum Gasteiger partial charge on any atom is 0.331 e. The molecule has 9 nitrogen and oxygen atoms in total. The summed E-state index contributed by atoms with van der Waals surface area (Å²) in [6, 6.07) is 0. The van der Waals surface area contributed by atoms with Gasteiger partial charge in [0, 0.05) is 43.0 Å². The summed E-state index contributed by atoms with van der Waals surface area (Å²) < 4.78 is 5.95. The highest BCUT2D eigenvalue weighted by atomic mass is 16.5. The van der Waals surface area contributed by atoms with Crippen LogP contribution in [0.15, 0.2) is 23.3 Å². The van der Waals surface area contributed by atoms with Gasteiger partial charge in [0.15, 0.2) is 0 Å². The molecule has 302 valence electrons. The Hall–Kier alpha value is -1.62. The maximum absolute atomic E-state index is 14.3. The fourth-order valence-electron chi connectivity index (χ4n) is 15.4. The summed E-state index contributed by atoms with van der Waals surface area (Å²) in [4.78, 5) is 27.2. The predicted molar refractivity (Wildman–Crippen MR) is 207 cm³/mol. The van der Waals surface area contributed by atoms with Crippen LogP contribution in [0.5, 0.6) is 0 Å². The number of hydrogen-bond acceptors (Lipinski definition) is 9. The molecule has 0 aromatic rings. The quantitative estimate of drug-likeness (QED) is 0.0682. The van der Waals surface area contributed by atoms with Gasteiger partial charge in [-0.15, -0.1) is 0 Å². The van der Waals surface area contributed by atoms with Gasteiger partial charge in [-0.2, -0.15) is 0 Å². The first kappa shape index (κ1) is 39.2. The van der Waals surface area contributed by atoms with Crippen LogP contribution >= 0.6 is 0 Å². The number of fused-ring (bicyclic) bond motifs is 8. The summed E-state index contributed by atoms with van der Waals surface area (Å²) in [7, 11) is 1.92. The molecular weight excluding hydrogens is 681 g/mol. The predicted octanol–water partition coefficient (Wildman–Crippen LogP) is 5.24. The Balaban J connectivity index is 1.22. The van der Waals surface area contributed by atoms with E-state index in [9.17, 15) is 30.0 Å². The zero-order valence-electron chi connectivity index (χ0n) is 33.5. The molecule has 0 radical (unpaired) electrons. The number of ether oxygens (including phenoxy) is 1. The molecule has 0 bridgehead atoms. The Kier molecular flexibility index (Phi) is 10.4. The van der Waals surface area contributed by atoms with Crippen LogP contribution in [0.25, 0.3) is 0 Å². The van der Waals surface area contributed by atoms with Crippen LogP contribution in [0, 0.1) is 64.1 Å². The number of nitrogens with one attached hydrogen (secondary N) is 2. The second-order valence-electron chi connectivity index (χ2n) is 20.0. The molecule has 0 aromatic carbocycles. The average Bonchev–Trinajstić information content (AvgIpc) is 3.85. The van der Waals surface area contributed by atoms with Crippen molar-refractivity contribution in [3.05, 3.63) is 23.3 Å². The van der Waals surface area contributed by atoms with Gasteiger partial charge in [0.1, 0.15) is 18.0 Å². The highest BCUT2D eigenvalue weighted by Gasteiger charge is 2.82. The molecule has 15 atom stereocenters. The number of allylic oxidation sites excluding steroid dienone is 1. The molecule has 6 saturated carbocycles. The first-order valence-corrected chi connectivity index (χ1v) is 22.1. The first-order chi connectivity index (χ1) is 25.8. The summed E-state index contributed by atoms with van der Waals surface area (Å²) in [5, 5.41) is 60.0. The van der Waals surface area contributed by atoms with Crippen molar-refractivity contribution in [3.8, 4) is 0 Å². The lowest BCUT2D eigenvalue weighted by atomic mass is 9.35. The lowest BCUT2D eigenvalue weighted by Crippen LogP contribution is -2.81. The Bertz CT molecular complexity index is 1510. The number of carbonyl (C=O) groups excluding carboxylic acids is 2. The van der Waals surface area contributed by atoms with E-state index >= 15 is 0 Å². The highest BCUT2D eigenvalue weighted by molar-refractivity contribution is 5.87. The molecule has 0 spiro atoms. The zero-order chi connectivity index (χ0) is 38.3. The highest BCUT2D eigenvalue weighted by Crippen LogP contribution is 2.76. The number of hydrogen-bond donors (Lipinski definition) is 6. The molecule has 1 aliphatic heterocycles. The van der Waals surface area contributed by atoms with Crippen LogP contribution in [-0.4, -0.2) is 88.4 Å². The third-order valence-corrected chi connectivity index (χ3v) is 18.0. The molecule has 15 unspecified atom stereocenters. The fourth-order valence-corrected chi connectivity index (χ4v) is 15.4. The van der Waals surface area contributed by atoms with Crippen molar-refractivity contribution in [2.75, 3.05) is 26.7 Å². The molecule has 54 heavy (non-hydrogen) atoms. The standard InChI is InChI=1S/C45H70N2O7/c1-5-6-7-12-30-22-42(26-48)36-15-16-41(3)38-31(19-32(25-47-18-17-46-4)40-34(38)21-37(49)54-40)23-44(41,52)43(36,51)24-33-20-29(27(2)28-10-8-9-11-28)13-14-35(39(30)50)45(33,42)53/h19,21,26-31,33,35-36,38-40,46-47,50-53H,5-18,20,22-25H2,1-4H3. The molecule has 8 aliphatic rings. The van der Waals surface area contributed by atoms with Crippen molar-refractivity contribution in [2.45, 2.75) is 153 Å². The lowest BCUT2D eigenvalue weighted by Gasteiger charge is -2.72. The number of carbonyl (C=O) groups is 2. The molecular formula is C45H70N2O7. The number of likely N-dealkylation sites (N-methyl/N-ethyl adjacent to an activating group) is 1. The van der Waals surface area contributed by atoms with Gasteiger partial charge in [-0.05, 0) is 117 Å². The smallest absolute Gasteiger partial charge is 0.331 e. The Labute approximate surface area is 323 Å². The molecule has 0 aromatic heterocycles. The monoisotopic (exact) mass is 751 g/mol. The van der Waals surface area contributed by atoms with E-state index < -0.39 is 57.6 Å². The number of unbranched alkanes of at least 4 members (excludes halogenated alkanes) is 2. The minimum atomic E-state index is -1.64. The van der Waals surface area contributed by atoms with Crippen LogP contribution in [-0.2, 0) is 14.3 Å². The number of esters is 1. The van der Waals surface area contributed by atoms with Crippen LogP contribution in [0.4, 0.5) is 0 Å². The minimum Gasteiger partial charge on any atom is -0.450 e. The molecule has 7 aliphatic carbocycles. The van der Waals surface area contributed by atoms with Gasteiger partial charge in [-0.3, -0.25) is 0 Å². The molecule has 6 N–H and O–H groups in total. The third-order valence-electron chi connectivity index (χ3n) is 18.0. The van der Waals surface area contributed by atoms with Crippen LogP contribution in [0.1, 0.15) is 124 Å². The fraction of sp³-hybridized carbons (Fsp3) is 0.867. The van der Waals surface area contributed by atoms with E-state index in [0.29, 0.717) is 62.8 Å². The Morgan fingerprint density at radius 1 is 1.02 bits per heavy atom. The van der Waals surface area contributed by atoms with Crippen molar-refractivity contribution in [1.82, 2.24) is 10.6 Å². The van der Waals surface area contributed by atoms with Crippen LogP contribution in [0.2, 0.25) is 0 Å². The van der Waals surface area contributed by atoms with Gasteiger partial charge >= 0.3 is 5.97 Å². The number of aliphatic hydroxyl groups is 4. The molecule has 6 fully saturated rings. The van der Waals surface area contributed by atoms with Crippen molar-refractivity contribution in [3.63, 3.8) is 0 Å². The van der Waals surface area contributed by atoms with Gasteiger partial charge in [0.2, 0.25) is 0 Å². The van der Waals surface area contributed by atoms with E-state index in [1.165, 1.54) is 25.7 Å². The average molecular weight is 751 g/mol. The molecule has 8 rings (SSSR count). The molecule has 0 amide bonds. The number of rotatable bonds is 12. The minimum absolute atomic E-state index is 0.110. The van der Waals surface area contributed by atoms with E-state index in [2.05, 4.69) is 37.5 Å². The lowest BCUT2D eigenvalue weighted by molar-refractivity contribution is -0.346. The first-order valence-electron chi connectivity index (χ1n) is 22.1. The van der Waals surface area contributed by atoms with E-state index in [4.69, 9.17) is 4.74 Å². The van der Waals surface area contributed by atoms with E-state index in [-0.39, 0.29) is 30.1 Å². The van der Waals surface area contributed by atoms with Crippen molar-refractivity contribution in [2.24, 2.45) is 64.1 Å². The summed E-state index contributed by atoms with van der Waals surface area (Å²) in [5.74, 6) is -0.926. The summed E-state index contributed by atoms with van der Waals surface area (Å²) >= 11 is 0. The zero-order valence-corrected chi connectivity index (χ0v) is 33.5. The molecule has 1 heterocycles. The number of aldehydes is 1. The normalized spacial score (nSPS) is 48.7. The summed E-state index contributed by atoms with van der Waals surface area (Å²) in [6.45, 7) is 8.81. The van der Waals surface area contributed by atoms with Crippen molar-refractivity contribution < 1.29 is 34.8 Å². The summed E-state index contributed by atoms with van der Waals surface area (Å²) in [6.07, 6.45) is 16.8. The van der Waals surface area contributed by atoms with Gasteiger partial charge in [0.25, 0.3) is 0 Å². The second kappa shape index (κ2) is 14.3. The van der Waals surface area contributed by atoms with Gasteiger partial charge in [-0.25, -0.2) is 4.79 Å². The molecule has 9 heteroatoms. The largest absolute Gasteiger partial charge is 0.450 e. The van der Waals surface area contributed by atoms with Crippen molar-refractivity contribution >= 4 is 12.3 Å². The van der Waals surface area contributed by atoms with Gasteiger partial charge in [-0.1, -0.05) is 71.8 Å². The SMILES string of the molecule is CCCCCC1CC2(C=O)C3CCC4(C)C5C6=CC(=O)OC6C(CNCCNC)=CC5CC4(O)C3(O)CC3CC(C(C)C4CCCC4)CCC(C1O)C32O.